The SMILES string of the molecule is BBB(B)B(B(B)B)c1c(B(B(B)B)B(B)B)c(B(BB)B(B)B)c(C)c2c(-c3c4c(C)c(C)c(C)c(C)c4c(C)c4c(-c5c(C)c6c(C)c(C)c(C#CC)c(C#CC#C)c6c6c(C#CC#CC)c(C#CC#CC#C)c(C#CC#CC#CC)c(C#CC#CC#CC#C)c56)c(C)c(C)c(C)c34)c(C)c(C)c(B)c12. The maximum Gasteiger partial charge on any atom is 0.140 e. The van der Waals surface area contributed by atoms with E-state index in [-0.39, 0.29) is 6.49 Å². The van der Waals surface area contributed by atoms with Crippen LogP contribution in [0.25, 0.3) is 76.1 Å². The molecule has 8 rings (SSSR count). The normalized spacial score (nSPS) is 9.63. The molecule has 22 heteroatoms. The summed E-state index contributed by atoms with van der Waals surface area (Å²) in [5.74, 6) is 82.7. The monoisotopic (exact) mass is 1340 g/mol. The topological polar surface area (TPSA) is 0 Å². The summed E-state index contributed by atoms with van der Waals surface area (Å²) in [5, 5.41) is 10.9. The Morgan fingerprint density at radius 2 is 0.636 bits per heavy atom. The molecule has 0 spiro atoms. The second-order valence-corrected chi connectivity index (χ2v) is 30.4. The fourth-order valence-corrected chi connectivity index (χ4v) is 18.1. The van der Waals surface area contributed by atoms with Gasteiger partial charge in [-0.05, 0) is 351 Å². The summed E-state index contributed by atoms with van der Waals surface area (Å²) in [6, 6.07) is 0. The van der Waals surface area contributed by atoms with Crippen LogP contribution in [0.15, 0.2) is 0 Å². The van der Waals surface area contributed by atoms with E-state index in [2.05, 4.69) is 350 Å². The quantitative estimate of drug-likeness (QED) is 0.0553. The third kappa shape index (κ3) is 14.8. The van der Waals surface area contributed by atoms with Gasteiger partial charge in [-0.15, -0.1) is 36.1 Å². The van der Waals surface area contributed by atoms with Crippen molar-refractivity contribution in [1.29, 1.82) is 0 Å². The molecule has 107 heavy (non-hydrogen) atoms. The van der Waals surface area contributed by atoms with E-state index in [1.165, 1.54) is 93.6 Å². The smallest absolute Gasteiger partial charge is 0.112 e. The minimum atomic E-state index is 0.268. The van der Waals surface area contributed by atoms with E-state index in [0.717, 1.165) is 80.2 Å². The molecule has 0 aliphatic rings. The molecule has 0 aromatic heterocycles. The molecule has 0 fully saturated rings. The molecule has 486 valence electrons. The third-order valence-electron chi connectivity index (χ3n) is 23.6. The molecule has 0 nitrogen and oxygen atoms in total. The van der Waals surface area contributed by atoms with Crippen LogP contribution in [0.3, 0.4) is 0 Å². The van der Waals surface area contributed by atoms with Gasteiger partial charge in [0.25, 0.3) is 0 Å². The van der Waals surface area contributed by atoms with Crippen molar-refractivity contribution in [2.75, 3.05) is 0 Å². The first-order chi connectivity index (χ1) is 50.9. The first kappa shape index (κ1) is 82.5. The lowest BCUT2D eigenvalue weighted by Gasteiger charge is -2.39. The summed E-state index contributed by atoms with van der Waals surface area (Å²) in [7, 11) is 31.7. The number of rotatable bonds is 12. The van der Waals surface area contributed by atoms with E-state index in [1.54, 1.807) is 30.2 Å². The van der Waals surface area contributed by atoms with Gasteiger partial charge in [0.05, 0.1) is 134 Å². The van der Waals surface area contributed by atoms with Gasteiger partial charge in [-0.25, -0.2) is 0 Å². The standard InChI is InChI=1S/C85H80B22/c1-21-27-32-35-37-41-47-66-63(45-40-36-33-28-22-2)64(44-39-34-29-23-3)67(46-38-30-24-4)79-77-65(43-31-25-5)62(42-26-6)51(10)56(15)69(77)60(19)75(78(66)79)71-54(13)50(9)55(14)72-74(71)59(18)68-52(11)48(7)49(8)53(12)70(68)80(72)73-57(16)58(17)82(86)81-76(73)61(20)83(100(98-87)103(89)90)85(101(104(91)92)105(93)94)84(81)102(106(95)96)107(97)99-88/h1,3,5,98-99H,86-97H2,2,4,6-20H3. The lowest BCUT2D eigenvalue weighted by Crippen LogP contribution is -2.77. The Morgan fingerprint density at radius 3 is 1.14 bits per heavy atom. The summed E-state index contributed by atoms with van der Waals surface area (Å²) in [4.78, 5) is 0. The van der Waals surface area contributed by atoms with Gasteiger partial charge in [-0.3, -0.25) is 0 Å². The molecule has 8 aromatic carbocycles. The summed E-state index contributed by atoms with van der Waals surface area (Å²) in [6.07, 6.45) is 19.5. The highest BCUT2D eigenvalue weighted by Gasteiger charge is 2.42. The van der Waals surface area contributed by atoms with E-state index in [1.807, 2.05) is 6.92 Å². The van der Waals surface area contributed by atoms with Crippen LogP contribution in [0.2, 0.25) is 0 Å². The van der Waals surface area contributed by atoms with Crippen molar-refractivity contribution >= 4 is 234 Å². The van der Waals surface area contributed by atoms with Crippen molar-refractivity contribution in [2.24, 2.45) is 0 Å². The lowest BCUT2D eigenvalue weighted by molar-refractivity contribution is 1.24. The van der Waals surface area contributed by atoms with Crippen LogP contribution >= 0.6 is 0 Å². The number of fused-ring (bicyclic) bond motifs is 6. The zero-order valence-corrected chi connectivity index (χ0v) is 69.3. The highest BCUT2D eigenvalue weighted by Crippen LogP contribution is 2.55. The van der Waals surface area contributed by atoms with E-state index >= 15 is 0 Å². The Morgan fingerprint density at radius 1 is 0.262 bits per heavy atom. The van der Waals surface area contributed by atoms with E-state index in [4.69, 9.17) is 19.3 Å². The van der Waals surface area contributed by atoms with E-state index in [9.17, 15) is 0 Å². The molecular formula is C85H80B22. The fraction of sp³-hybridized carbons (Fsp3) is 0.200. The molecule has 0 aliphatic carbocycles. The van der Waals surface area contributed by atoms with Crippen molar-refractivity contribution in [3.05, 3.63) is 111 Å². The van der Waals surface area contributed by atoms with Gasteiger partial charge < -0.3 is 0 Å². The van der Waals surface area contributed by atoms with Crippen LogP contribution in [-0.4, -0.2) is 158 Å². The first-order valence-corrected chi connectivity index (χ1v) is 37.8. The van der Waals surface area contributed by atoms with Crippen LogP contribution < -0.4 is 21.9 Å². The number of aryl methyl sites for hydroxylation is 7. The summed E-state index contributed by atoms with van der Waals surface area (Å²) < 4.78 is 0. The summed E-state index contributed by atoms with van der Waals surface area (Å²) >= 11 is 0. The van der Waals surface area contributed by atoms with Gasteiger partial charge in [0.2, 0.25) is 0 Å². The minimum absolute atomic E-state index is 0.268. The highest BCUT2D eigenvalue weighted by atomic mass is 14.4. The Labute approximate surface area is 659 Å². The predicted octanol–water partition coefficient (Wildman–Crippen LogP) is -2.45. The second kappa shape index (κ2) is 35.1. The number of hydrogen-bond acceptors (Lipinski definition) is 0. The molecule has 0 heterocycles. The average molecular weight is 1340 g/mol. The van der Waals surface area contributed by atoms with Crippen LogP contribution in [-0.2, 0) is 0 Å². The Balaban J connectivity index is 2.01. The van der Waals surface area contributed by atoms with Crippen molar-refractivity contribution in [3.63, 3.8) is 0 Å². The third-order valence-corrected chi connectivity index (χ3v) is 23.6. The molecule has 0 N–H and O–H groups in total. The molecular weight excluding hydrogens is 1260 g/mol. The lowest BCUT2D eigenvalue weighted by atomic mass is 8.66. The molecule has 0 atom stereocenters. The van der Waals surface area contributed by atoms with Crippen LogP contribution in [0.1, 0.15) is 132 Å². The van der Waals surface area contributed by atoms with Gasteiger partial charge in [-0.1, -0.05) is 69.4 Å². The van der Waals surface area contributed by atoms with E-state index in [0.29, 0.717) is 78.1 Å². The van der Waals surface area contributed by atoms with Crippen molar-refractivity contribution in [3.8, 4) is 201 Å². The first-order valence-electron chi connectivity index (χ1n) is 37.8. The van der Waals surface area contributed by atoms with Crippen molar-refractivity contribution < 1.29 is 0 Å². The summed E-state index contributed by atoms with van der Waals surface area (Å²) in [5.41, 5.74) is 30.7. The highest BCUT2D eigenvalue weighted by molar-refractivity contribution is 7.89. The van der Waals surface area contributed by atoms with Gasteiger partial charge in [0.15, 0.2) is 0 Å². The van der Waals surface area contributed by atoms with Gasteiger partial charge >= 0.3 is 0 Å². The predicted molar refractivity (Wildman–Crippen MR) is 524 cm³/mol. The molecule has 0 amide bonds. The molecule has 0 saturated heterocycles. The maximum absolute atomic E-state index is 6.19. The van der Waals surface area contributed by atoms with Crippen LogP contribution in [0, 0.1) is 276 Å². The Bertz CT molecular complexity index is 6250. The van der Waals surface area contributed by atoms with Crippen molar-refractivity contribution in [2.45, 2.75) is 118 Å². The maximum atomic E-state index is 6.19. The largest absolute Gasteiger partial charge is 0.140 e. The Hall–Kier alpha value is -10.1. The van der Waals surface area contributed by atoms with Gasteiger partial charge in [-0.2, -0.15) is 0 Å². The van der Waals surface area contributed by atoms with Crippen LogP contribution in [0.5, 0.6) is 0 Å². The van der Waals surface area contributed by atoms with Gasteiger partial charge in [0, 0.05) is 66.3 Å². The second-order valence-electron chi connectivity index (χ2n) is 30.4. The molecule has 0 radical (unpaired) electrons. The Kier molecular flexibility index (Phi) is 27.1. The van der Waals surface area contributed by atoms with E-state index < -0.39 is 0 Å². The van der Waals surface area contributed by atoms with Crippen LogP contribution in [0.4, 0.5) is 0 Å². The molecule has 0 aliphatic heterocycles. The zero-order valence-electron chi connectivity index (χ0n) is 69.3. The number of benzene rings is 8. The number of terminal acetylenes is 3. The zero-order chi connectivity index (χ0) is 79.1. The molecule has 0 unspecified atom stereocenters. The molecule has 0 bridgehead atoms. The molecule has 0 saturated carbocycles. The average Bonchev–Trinajstić information content (AvgIpc) is 0.684. The van der Waals surface area contributed by atoms with Crippen molar-refractivity contribution in [1.82, 2.24) is 0 Å². The fourth-order valence-electron chi connectivity index (χ4n) is 18.1. The van der Waals surface area contributed by atoms with Gasteiger partial charge in [0.1, 0.15) is 7.85 Å². The number of hydrogen-bond donors (Lipinski definition) is 0. The minimum Gasteiger partial charge on any atom is -0.112 e. The summed E-state index contributed by atoms with van der Waals surface area (Å²) in [6.45, 7) is 39.0. The molecule has 8 aromatic rings.